The zero-order valence-corrected chi connectivity index (χ0v) is 14.3. The fourth-order valence-electron chi connectivity index (χ4n) is 2.73. The number of carbonyl (C=O) groups is 1. The largest absolute Gasteiger partial charge is 0.334 e. The average molecular weight is 369 g/mol. The number of carbonyl (C=O) groups excluding carboxylic acids is 1. The Morgan fingerprint density at radius 3 is 2.67 bits per heavy atom. The second-order valence-electron chi connectivity index (χ2n) is 6.35. The Balaban J connectivity index is 1.85. The van der Waals surface area contributed by atoms with E-state index in [9.17, 15) is 23.2 Å². The van der Waals surface area contributed by atoms with Gasteiger partial charge in [0.2, 0.25) is 0 Å². The van der Waals surface area contributed by atoms with Crippen molar-refractivity contribution in [3.8, 4) is 6.07 Å². The van der Waals surface area contributed by atoms with E-state index in [0.717, 1.165) is 12.1 Å². The molecule has 1 N–H and O–H groups in total. The van der Waals surface area contributed by atoms with Crippen molar-refractivity contribution in [3.63, 3.8) is 0 Å². The summed E-state index contributed by atoms with van der Waals surface area (Å²) in [6, 6.07) is 10.8. The first-order valence-corrected chi connectivity index (χ1v) is 8.03. The normalized spacial score (nSPS) is 13.0. The third-order valence-electron chi connectivity index (χ3n) is 4.12. The SMILES string of the molecule is CC(C#N)(Cc1ccc(F)cc1F)NC(=O)c1cnc2c(F)cccc2c1. The van der Waals surface area contributed by atoms with Gasteiger partial charge in [0.1, 0.15) is 28.5 Å². The maximum Gasteiger partial charge on any atom is 0.254 e. The second kappa shape index (κ2) is 7.08. The topological polar surface area (TPSA) is 65.8 Å². The Labute approximate surface area is 153 Å². The number of fused-ring (bicyclic) bond motifs is 1. The van der Waals surface area contributed by atoms with Crippen molar-refractivity contribution in [3.05, 3.63) is 77.2 Å². The number of benzene rings is 2. The van der Waals surface area contributed by atoms with Crippen LogP contribution in [0, 0.1) is 28.8 Å². The van der Waals surface area contributed by atoms with Crippen LogP contribution in [-0.2, 0) is 6.42 Å². The lowest BCUT2D eigenvalue weighted by atomic mass is 9.93. The summed E-state index contributed by atoms with van der Waals surface area (Å²) in [4.78, 5) is 16.5. The van der Waals surface area contributed by atoms with Crippen LogP contribution in [0.4, 0.5) is 13.2 Å². The third-order valence-corrected chi connectivity index (χ3v) is 4.12. The van der Waals surface area contributed by atoms with Gasteiger partial charge in [0.15, 0.2) is 0 Å². The van der Waals surface area contributed by atoms with Crippen LogP contribution in [0.5, 0.6) is 0 Å². The summed E-state index contributed by atoms with van der Waals surface area (Å²) in [5, 5.41) is 12.4. The van der Waals surface area contributed by atoms with Crippen LogP contribution in [0.15, 0.2) is 48.7 Å². The predicted octanol–water partition coefficient (Wildman–Crippen LogP) is 3.91. The van der Waals surface area contributed by atoms with Crippen molar-refractivity contribution < 1.29 is 18.0 Å². The van der Waals surface area contributed by atoms with Crippen LogP contribution in [0.1, 0.15) is 22.8 Å². The molecule has 1 amide bonds. The fourth-order valence-corrected chi connectivity index (χ4v) is 2.73. The second-order valence-corrected chi connectivity index (χ2v) is 6.35. The molecular formula is C20H14F3N3O. The zero-order chi connectivity index (χ0) is 19.6. The van der Waals surface area contributed by atoms with Crippen LogP contribution in [0.3, 0.4) is 0 Å². The fraction of sp³-hybridized carbons (Fsp3) is 0.150. The molecule has 1 aromatic heterocycles. The maximum atomic E-state index is 13.9. The van der Waals surface area contributed by atoms with E-state index in [1.165, 1.54) is 37.4 Å². The van der Waals surface area contributed by atoms with Gasteiger partial charge in [-0.3, -0.25) is 9.78 Å². The Kier molecular flexibility index (Phi) is 4.82. The summed E-state index contributed by atoms with van der Waals surface area (Å²) in [7, 11) is 0. The average Bonchev–Trinajstić information content (AvgIpc) is 2.64. The van der Waals surface area contributed by atoms with Gasteiger partial charge in [-0.1, -0.05) is 18.2 Å². The molecule has 1 unspecified atom stereocenters. The summed E-state index contributed by atoms with van der Waals surface area (Å²) in [5.41, 5.74) is -1.08. The Morgan fingerprint density at radius 2 is 1.96 bits per heavy atom. The van der Waals surface area contributed by atoms with Gasteiger partial charge in [-0.2, -0.15) is 5.26 Å². The van der Waals surface area contributed by atoms with E-state index in [1.54, 1.807) is 6.07 Å². The summed E-state index contributed by atoms with van der Waals surface area (Å²) in [5.74, 6) is -2.64. The van der Waals surface area contributed by atoms with E-state index in [2.05, 4.69) is 10.3 Å². The Hall–Kier alpha value is -3.40. The first-order valence-electron chi connectivity index (χ1n) is 8.03. The van der Waals surface area contributed by atoms with Gasteiger partial charge < -0.3 is 5.32 Å². The van der Waals surface area contributed by atoms with Gasteiger partial charge in [-0.15, -0.1) is 0 Å². The van der Waals surface area contributed by atoms with Crippen molar-refractivity contribution in [2.24, 2.45) is 0 Å². The molecule has 3 rings (SSSR count). The Bertz CT molecular complexity index is 1080. The highest BCUT2D eigenvalue weighted by atomic mass is 19.1. The molecule has 0 fully saturated rings. The van der Waals surface area contributed by atoms with Crippen molar-refractivity contribution >= 4 is 16.8 Å². The molecular weight excluding hydrogens is 355 g/mol. The van der Waals surface area contributed by atoms with E-state index in [4.69, 9.17) is 0 Å². The molecule has 1 heterocycles. The molecule has 0 spiro atoms. The highest BCUT2D eigenvalue weighted by molar-refractivity contribution is 5.97. The van der Waals surface area contributed by atoms with E-state index in [0.29, 0.717) is 5.39 Å². The van der Waals surface area contributed by atoms with E-state index < -0.39 is 28.9 Å². The Morgan fingerprint density at radius 1 is 1.19 bits per heavy atom. The van der Waals surface area contributed by atoms with Crippen LogP contribution < -0.4 is 5.32 Å². The first-order chi connectivity index (χ1) is 12.8. The molecule has 7 heteroatoms. The quantitative estimate of drug-likeness (QED) is 0.758. The molecule has 27 heavy (non-hydrogen) atoms. The molecule has 0 saturated carbocycles. The molecule has 3 aromatic rings. The summed E-state index contributed by atoms with van der Waals surface area (Å²) >= 11 is 0. The number of pyridine rings is 1. The standard InChI is InChI=1S/C20H14F3N3O/c1-20(11-24,9-13-5-6-15(21)8-17(13)23)26-19(27)14-7-12-3-2-4-16(22)18(12)25-10-14/h2-8,10H,9H2,1H3,(H,26,27). The van der Waals surface area contributed by atoms with Crippen molar-refractivity contribution in [2.75, 3.05) is 0 Å². The van der Waals surface area contributed by atoms with E-state index in [-0.39, 0.29) is 23.1 Å². The molecule has 1 atom stereocenters. The number of hydrogen-bond donors (Lipinski definition) is 1. The number of nitriles is 1. The molecule has 0 saturated heterocycles. The summed E-state index contributed by atoms with van der Waals surface area (Å²) in [6.45, 7) is 1.43. The number of hydrogen-bond acceptors (Lipinski definition) is 3. The lowest BCUT2D eigenvalue weighted by Gasteiger charge is -2.23. The molecule has 0 aliphatic rings. The van der Waals surface area contributed by atoms with Crippen molar-refractivity contribution in [1.82, 2.24) is 10.3 Å². The van der Waals surface area contributed by atoms with Gasteiger partial charge in [-0.25, -0.2) is 13.2 Å². The lowest BCUT2D eigenvalue weighted by Crippen LogP contribution is -2.46. The van der Waals surface area contributed by atoms with Crippen molar-refractivity contribution in [2.45, 2.75) is 18.9 Å². The predicted molar refractivity (Wildman–Crippen MR) is 93.2 cm³/mol. The van der Waals surface area contributed by atoms with Crippen LogP contribution in [-0.4, -0.2) is 16.4 Å². The minimum Gasteiger partial charge on any atom is -0.334 e. The molecule has 0 aliphatic heterocycles. The summed E-state index contributed by atoms with van der Waals surface area (Å²) in [6.07, 6.45) is 1.05. The highest BCUT2D eigenvalue weighted by Gasteiger charge is 2.28. The van der Waals surface area contributed by atoms with Gasteiger partial charge in [-0.05, 0) is 30.7 Å². The molecule has 0 bridgehead atoms. The molecule has 136 valence electrons. The number of aromatic nitrogens is 1. The van der Waals surface area contributed by atoms with Gasteiger partial charge in [0.05, 0.1) is 11.6 Å². The smallest absolute Gasteiger partial charge is 0.254 e. The molecule has 4 nitrogen and oxygen atoms in total. The third kappa shape index (κ3) is 3.90. The number of rotatable bonds is 4. The minimum absolute atomic E-state index is 0.0967. The minimum atomic E-state index is -1.44. The number of amides is 1. The number of nitrogens with one attached hydrogen (secondary N) is 1. The van der Waals surface area contributed by atoms with E-state index in [1.807, 2.05) is 6.07 Å². The maximum absolute atomic E-state index is 13.9. The number of nitrogens with zero attached hydrogens (tertiary/aromatic N) is 2. The lowest BCUT2D eigenvalue weighted by molar-refractivity contribution is 0.0923. The molecule has 0 radical (unpaired) electrons. The van der Waals surface area contributed by atoms with Gasteiger partial charge >= 0.3 is 0 Å². The highest BCUT2D eigenvalue weighted by Crippen LogP contribution is 2.19. The molecule has 0 aliphatic carbocycles. The number of para-hydroxylation sites is 1. The van der Waals surface area contributed by atoms with Crippen molar-refractivity contribution in [1.29, 1.82) is 5.26 Å². The summed E-state index contributed by atoms with van der Waals surface area (Å²) < 4.78 is 40.6. The van der Waals surface area contributed by atoms with Crippen LogP contribution in [0.2, 0.25) is 0 Å². The van der Waals surface area contributed by atoms with E-state index >= 15 is 0 Å². The van der Waals surface area contributed by atoms with Crippen LogP contribution >= 0.6 is 0 Å². The van der Waals surface area contributed by atoms with Gasteiger partial charge in [0, 0.05) is 24.1 Å². The monoisotopic (exact) mass is 369 g/mol. The molecule has 2 aromatic carbocycles. The zero-order valence-electron chi connectivity index (χ0n) is 14.3. The number of halogens is 3. The van der Waals surface area contributed by atoms with Gasteiger partial charge in [0.25, 0.3) is 5.91 Å². The first kappa shape index (κ1) is 18.4. The van der Waals surface area contributed by atoms with Crippen LogP contribution in [0.25, 0.3) is 10.9 Å².